The molecule has 180 valence electrons. The van der Waals surface area contributed by atoms with Crippen LogP contribution in [-0.4, -0.2) is 67.2 Å². The van der Waals surface area contributed by atoms with Crippen LogP contribution in [0, 0.1) is 12.7 Å². The van der Waals surface area contributed by atoms with Gasteiger partial charge in [0, 0.05) is 38.0 Å². The third kappa shape index (κ3) is 4.08. The molecular weight excluding hydrogens is 461 g/mol. The Bertz CT molecular complexity index is 1390. The van der Waals surface area contributed by atoms with Gasteiger partial charge >= 0.3 is 0 Å². The molecular formula is C23H26FN5O4S. The van der Waals surface area contributed by atoms with Gasteiger partial charge in [-0.25, -0.2) is 22.8 Å². The second kappa shape index (κ2) is 7.93. The number of furan rings is 1. The van der Waals surface area contributed by atoms with E-state index in [1.54, 1.807) is 11.8 Å². The molecule has 0 atom stereocenters. The van der Waals surface area contributed by atoms with Crippen molar-refractivity contribution < 1.29 is 22.0 Å². The van der Waals surface area contributed by atoms with Crippen LogP contribution < -0.4 is 10.2 Å². The number of piperazine rings is 1. The highest BCUT2D eigenvalue weighted by Gasteiger charge is 2.39. The summed E-state index contributed by atoms with van der Waals surface area (Å²) in [6.45, 7) is 5.44. The van der Waals surface area contributed by atoms with Crippen molar-refractivity contribution in [2.24, 2.45) is 0 Å². The van der Waals surface area contributed by atoms with Crippen LogP contribution in [0.2, 0.25) is 0 Å². The predicted octanol–water partition coefficient (Wildman–Crippen LogP) is 3.00. The Hall–Kier alpha value is -3.21. The number of sulfone groups is 1. The van der Waals surface area contributed by atoms with Gasteiger partial charge in [0.2, 0.25) is 5.71 Å². The summed E-state index contributed by atoms with van der Waals surface area (Å²) in [7, 11) is -3.49. The van der Waals surface area contributed by atoms with E-state index in [-0.39, 0.29) is 16.3 Å². The highest BCUT2D eigenvalue weighted by atomic mass is 32.2. The number of rotatable bonds is 5. The van der Waals surface area contributed by atoms with Crippen molar-refractivity contribution in [2.45, 2.75) is 37.1 Å². The van der Waals surface area contributed by atoms with Crippen molar-refractivity contribution in [1.29, 1.82) is 0 Å². The number of carbonyl (C=O) groups is 1. The minimum Gasteiger partial charge on any atom is -0.442 e. The Balaban J connectivity index is 1.36. The fraction of sp³-hybridized carbons (Fsp3) is 0.435. The second-order valence-electron chi connectivity index (χ2n) is 9.29. The van der Waals surface area contributed by atoms with E-state index in [1.165, 1.54) is 18.5 Å². The van der Waals surface area contributed by atoms with E-state index in [0.29, 0.717) is 60.1 Å². The summed E-state index contributed by atoms with van der Waals surface area (Å²) in [6, 6.07) is 3.92. The lowest BCUT2D eigenvalue weighted by molar-refractivity contribution is 0.0746. The number of hydrogen-bond acceptors (Lipinski definition) is 8. The number of benzene rings is 1. The number of halogens is 1. The van der Waals surface area contributed by atoms with Crippen LogP contribution in [0.1, 0.15) is 35.9 Å². The van der Waals surface area contributed by atoms with Crippen molar-refractivity contribution in [3.8, 4) is 0 Å². The number of fused-ring (bicyclic) bond motifs is 1. The molecule has 1 amide bonds. The standard InChI is InChI=1S/C23H26FN5O4S/c1-14-18(19-20(27-23(2)6-7-23)25-13-26-21(19)33-14)22(30)29-10-8-28(9-11-29)17-5-4-15(12-16(17)24)34(3,31)32/h4-5,12-13H,6-11H2,1-3H3,(H,25,26,27). The zero-order valence-electron chi connectivity index (χ0n) is 19.3. The SMILES string of the molecule is Cc1oc2ncnc(NC3(C)CC3)c2c1C(=O)N1CCN(c2ccc(S(C)(=O)=O)cc2F)CC1. The lowest BCUT2D eigenvalue weighted by atomic mass is 10.1. The molecule has 2 aliphatic rings. The van der Waals surface area contributed by atoms with Crippen LogP contribution in [0.15, 0.2) is 33.8 Å². The highest BCUT2D eigenvalue weighted by Crippen LogP contribution is 2.40. The molecule has 1 aliphatic heterocycles. The Morgan fingerprint density at radius 2 is 1.88 bits per heavy atom. The van der Waals surface area contributed by atoms with Crippen LogP contribution >= 0.6 is 0 Å². The predicted molar refractivity (Wildman–Crippen MR) is 125 cm³/mol. The Kier molecular flexibility index (Phi) is 5.27. The normalized spacial score (nSPS) is 17.8. The minimum absolute atomic E-state index is 0.0326. The maximum Gasteiger partial charge on any atom is 0.258 e. The summed E-state index contributed by atoms with van der Waals surface area (Å²) in [5.74, 6) is 0.301. The van der Waals surface area contributed by atoms with Crippen LogP contribution in [-0.2, 0) is 9.84 Å². The first kappa shape index (κ1) is 22.6. The van der Waals surface area contributed by atoms with Crippen LogP contribution in [0.5, 0.6) is 0 Å². The molecule has 11 heteroatoms. The second-order valence-corrected chi connectivity index (χ2v) is 11.3. The fourth-order valence-corrected chi connectivity index (χ4v) is 4.91. The third-order valence-corrected chi connectivity index (χ3v) is 7.66. The minimum atomic E-state index is -3.49. The maximum absolute atomic E-state index is 14.6. The first-order chi connectivity index (χ1) is 16.1. The lowest BCUT2D eigenvalue weighted by Gasteiger charge is -2.36. The van der Waals surface area contributed by atoms with Gasteiger partial charge in [-0.2, -0.15) is 0 Å². The number of aromatic nitrogens is 2. The number of hydrogen-bond donors (Lipinski definition) is 1. The van der Waals surface area contributed by atoms with Crippen molar-refractivity contribution in [3.05, 3.63) is 41.7 Å². The first-order valence-electron chi connectivity index (χ1n) is 11.1. The van der Waals surface area contributed by atoms with Gasteiger partial charge in [0.1, 0.15) is 23.7 Å². The third-order valence-electron chi connectivity index (χ3n) is 6.55. The summed E-state index contributed by atoms with van der Waals surface area (Å²) >= 11 is 0. The molecule has 0 bridgehead atoms. The summed E-state index contributed by atoms with van der Waals surface area (Å²) in [4.78, 5) is 25.6. The maximum atomic E-state index is 14.6. The number of nitrogens with one attached hydrogen (secondary N) is 1. The zero-order valence-corrected chi connectivity index (χ0v) is 20.1. The number of nitrogens with zero attached hydrogens (tertiary/aromatic N) is 4. The quantitative estimate of drug-likeness (QED) is 0.585. The van der Waals surface area contributed by atoms with E-state index in [4.69, 9.17) is 4.42 Å². The van der Waals surface area contributed by atoms with Crippen LogP contribution in [0.3, 0.4) is 0 Å². The topological polar surface area (TPSA) is 109 Å². The molecule has 2 fully saturated rings. The molecule has 34 heavy (non-hydrogen) atoms. The zero-order chi connectivity index (χ0) is 24.3. The molecule has 0 unspecified atom stereocenters. The van der Waals surface area contributed by atoms with Crippen molar-refractivity contribution >= 4 is 38.3 Å². The molecule has 3 aromatic rings. The van der Waals surface area contributed by atoms with Crippen molar-refractivity contribution in [3.63, 3.8) is 0 Å². The molecule has 1 saturated heterocycles. The molecule has 1 aromatic carbocycles. The molecule has 0 radical (unpaired) electrons. The molecule has 1 N–H and O–H groups in total. The van der Waals surface area contributed by atoms with Gasteiger partial charge in [0.25, 0.3) is 5.91 Å². The monoisotopic (exact) mass is 487 g/mol. The van der Waals surface area contributed by atoms with Crippen molar-refractivity contribution in [2.75, 3.05) is 42.7 Å². The van der Waals surface area contributed by atoms with Crippen LogP contribution in [0.25, 0.3) is 11.1 Å². The number of aryl methyl sites for hydroxylation is 1. The smallest absolute Gasteiger partial charge is 0.258 e. The molecule has 2 aromatic heterocycles. The Morgan fingerprint density at radius 1 is 1.18 bits per heavy atom. The average molecular weight is 488 g/mol. The molecule has 9 nitrogen and oxygen atoms in total. The van der Waals surface area contributed by atoms with E-state index in [1.807, 2.05) is 4.90 Å². The summed E-state index contributed by atoms with van der Waals surface area (Å²) < 4.78 is 43.8. The van der Waals surface area contributed by atoms with Gasteiger partial charge in [0.05, 0.1) is 21.5 Å². The van der Waals surface area contributed by atoms with E-state index >= 15 is 0 Å². The lowest BCUT2D eigenvalue weighted by Crippen LogP contribution is -2.49. The van der Waals surface area contributed by atoms with Crippen LogP contribution in [0.4, 0.5) is 15.9 Å². The molecule has 1 aliphatic carbocycles. The van der Waals surface area contributed by atoms with Gasteiger partial charge in [-0.3, -0.25) is 4.79 Å². The van der Waals surface area contributed by atoms with E-state index in [2.05, 4.69) is 22.2 Å². The first-order valence-corrected chi connectivity index (χ1v) is 13.0. The van der Waals surface area contributed by atoms with Gasteiger partial charge in [-0.1, -0.05) is 0 Å². The molecule has 5 rings (SSSR count). The van der Waals surface area contributed by atoms with Gasteiger partial charge in [-0.05, 0) is 44.9 Å². The summed E-state index contributed by atoms with van der Waals surface area (Å²) in [6.07, 6.45) is 4.53. The highest BCUT2D eigenvalue weighted by molar-refractivity contribution is 7.90. The van der Waals surface area contributed by atoms with Crippen molar-refractivity contribution in [1.82, 2.24) is 14.9 Å². The Labute approximate surface area is 196 Å². The number of carbonyl (C=O) groups excluding carboxylic acids is 1. The van der Waals surface area contributed by atoms with E-state index in [9.17, 15) is 17.6 Å². The fourth-order valence-electron chi connectivity index (χ4n) is 4.28. The largest absolute Gasteiger partial charge is 0.442 e. The van der Waals surface area contributed by atoms with E-state index < -0.39 is 15.7 Å². The molecule has 3 heterocycles. The summed E-state index contributed by atoms with van der Waals surface area (Å²) in [5.41, 5.74) is 1.10. The van der Waals surface area contributed by atoms with E-state index in [0.717, 1.165) is 25.2 Å². The molecule has 1 saturated carbocycles. The van der Waals surface area contributed by atoms with Gasteiger partial charge in [-0.15, -0.1) is 0 Å². The molecule has 0 spiro atoms. The Morgan fingerprint density at radius 3 is 2.50 bits per heavy atom. The number of amides is 1. The van der Waals surface area contributed by atoms with Gasteiger partial charge in [0.15, 0.2) is 9.84 Å². The summed E-state index contributed by atoms with van der Waals surface area (Å²) in [5, 5.41) is 4.01. The van der Waals surface area contributed by atoms with Gasteiger partial charge < -0.3 is 19.5 Å². The average Bonchev–Trinajstić information content (AvgIpc) is 3.40. The number of anilines is 2.